The molecule has 1 aliphatic heterocycles. The summed E-state index contributed by atoms with van der Waals surface area (Å²) in [6.07, 6.45) is 0.346. The number of ether oxygens (including phenoxy) is 2. The maximum absolute atomic E-state index is 13.9. The average molecular weight is 571 g/mol. The largest absolute Gasteiger partial charge is 0.491 e. The molecule has 2 aromatic carbocycles. The maximum atomic E-state index is 13.9. The molecule has 0 radical (unpaired) electrons. The van der Waals surface area contributed by atoms with E-state index < -0.39 is 35.6 Å². The van der Waals surface area contributed by atoms with Gasteiger partial charge in [0.15, 0.2) is 11.6 Å². The number of hydrogen-bond acceptors (Lipinski definition) is 6. The van der Waals surface area contributed by atoms with E-state index in [4.69, 9.17) is 9.47 Å². The van der Waals surface area contributed by atoms with Crippen LogP contribution in [0.15, 0.2) is 48.5 Å². The van der Waals surface area contributed by atoms with Crippen molar-refractivity contribution in [2.24, 2.45) is 5.92 Å². The number of benzene rings is 2. The highest BCUT2D eigenvalue weighted by atomic mass is 19.1. The maximum Gasteiger partial charge on any atom is 0.255 e. The smallest absolute Gasteiger partial charge is 0.255 e. The highest BCUT2D eigenvalue weighted by molar-refractivity contribution is 5.99. The van der Waals surface area contributed by atoms with Crippen LogP contribution in [0.5, 0.6) is 11.5 Å². The lowest BCUT2D eigenvalue weighted by Crippen LogP contribution is -2.50. The van der Waals surface area contributed by atoms with Gasteiger partial charge in [-0.2, -0.15) is 0 Å². The van der Waals surface area contributed by atoms with Gasteiger partial charge in [0.25, 0.3) is 5.91 Å². The van der Waals surface area contributed by atoms with Crippen molar-refractivity contribution in [3.8, 4) is 11.5 Å². The lowest BCUT2D eigenvalue weighted by atomic mass is 10.0. The van der Waals surface area contributed by atoms with Crippen molar-refractivity contribution in [1.82, 2.24) is 20.4 Å². The average Bonchev–Trinajstić information content (AvgIpc) is 2.94. The van der Waals surface area contributed by atoms with Crippen LogP contribution >= 0.6 is 0 Å². The van der Waals surface area contributed by atoms with Crippen LogP contribution in [0, 0.1) is 11.7 Å². The topological polar surface area (TPSA) is 117 Å². The molecule has 0 aliphatic carbocycles. The Morgan fingerprint density at radius 1 is 1.12 bits per heavy atom. The highest BCUT2D eigenvalue weighted by Gasteiger charge is 2.29. The Balaban J connectivity index is 1.79. The number of carbonyl (C=O) groups is 4. The lowest BCUT2D eigenvalue weighted by molar-refractivity contribution is -0.136. The van der Waals surface area contributed by atoms with Crippen molar-refractivity contribution >= 4 is 23.6 Å². The van der Waals surface area contributed by atoms with E-state index in [1.807, 2.05) is 13.8 Å². The molecule has 11 heteroatoms. The van der Waals surface area contributed by atoms with Gasteiger partial charge in [-0.3, -0.25) is 19.2 Å². The van der Waals surface area contributed by atoms with Gasteiger partial charge < -0.3 is 29.9 Å². The van der Waals surface area contributed by atoms with Crippen LogP contribution in [0.3, 0.4) is 0 Å². The number of hydrogen-bond donors (Lipinski definition) is 2. The lowest BCUT2D eigenvalue weighted by Gasteiger charge is -2.26. The van der Waals surface area contributed by atoms with Crippen LogP contribution < -0.4 is 20.1 Å². The number of likely N-dealkylation sites (N-methyl/N-ethyl adjacent to an activating group) is 2. The van der Waals surface area contributed by atoms with Crippen molar-refractivity contribution in [3.63, 3.8) is 0 Å². The molecule has 41 heavy (non-hydrogen) atoms. The molecular weight excluding hydrogens is 531 g/mol. The summed E-state index contributed by atoms with van der Waals surface area (Å²) < 4.78 is 25.2. The number of carbonyl (C=O) groups excluding carboxylic acids is 4. The number of rotatable bonds is 7. The molecule has 222 valence electrons. The van der Waals surface area contributed by atoms with E-state index in [2.05, 4.69) is 10.6 Å². The molecule has 0 spiro atoms. The molecule has 2 N–H and O–H groups in total. The Hall–Kier alpha value is -4.15. The Kier molecular flexibility index (Phi) is 11.5. The van der Waals surface area contributed by atoms with Crippen molar-refractivity contribution < 1.29 is 33.0 Å². The summed E-state index contributed by atoms with van der Waals surface area (Å²) in [5.41, 5.74) is 0.224. The Bertz CT molecular complexity index is 1220. The zero-order valence-electron chi connectivity index (χ0n) is 24.0. The van der Waals surface area contributed by atoms with E-state index in [9.17, 15) is 23.6 Å². The van der Waals surface area contributed by atoms with Crippen molar-refractivity contribution in [2.75, 3.05) is 40.4 Å². The standard InChI is InChI=1S/C30H39FN4O6/c1-20(2)19-24-30(39)35(4)15-17-40-25-11-7-5-9-21(25)28(37)33-23(13-14-27(36)32-24)29(38)34(3)16-18-41-26-12-8-6-10-22(26)31/h5-12,20,23-24H,13-19H2,1-4H3,(H,32,36)(H,33,37)/t23-,24+/m0/s1. The van der Waals surface area contributed by atoms with Crippen molar-refractivity contribution in [1.29, 1.82) is 0 Å². The summed E-state index contributed by atoms with van der Waals surface area (Å²) in [6, 6.07) is 10.8. The van der Waals surface area contributed by atoms with Gasteiger partial charge in [0, 0.05) is 20.5 Å². The molecule has 0 unspecified atom stereocenters. The number of nitrogens with zero attached hydrogens (tertiary/aromatic N) is 2. The van der Waals surface area contributed by atoms with Gasteiger partial charge in [-0.1, -0.05) is 38.1 Å². The van der Waals surface area contributed by atoms with E-state index >= 15 is 0 Å². The van der Waals surface area contributed by atoms with Gasteiger partial charge in [0.05, 0.1) is 18.7 Å². The first-order valence-electron chi connectivity index (χ1n) is 13.8. The molecule has 10 nitrogen and oxygen atoms in total. The number of amides is 4. The number of para-hydroxylation sites is 2. The first-order valence-corrected chi connectivity index (χ1v) is 13.8. The summed E-state index contributed by atoms with van der Waals surface area (Å²) in [6.45, 7) is 4.44. The molecule has 0 saturated carbocycles. The van der Waals surface area contributed by atoms with Crippen molar-refractivity contribution in [3.05, 3.63) is 59.9 Å². The number of halogens is 1. The van der Waals surface area contributed by atoms with E-state index in [1.165, 1.54) is 21.9 Å². The van der Waals surface area contributed by atoms with Gasteiger partial charge in [0.1, 0.15) is 31.0 Å². The Morgan fingerprint density at radius 3 is 2.56 bits per heavy atom. The molecule has 0 fully saturated rings. The van der Waals surface area contributed by atoms with E-state index in [-0.39, 0.29) is 62.3 Å². The molecule has 0 bridgehead atoms. The van der Waals surface area contributed by atoms with Gasteiger partial charge in [0.2, 0.25) is 17.7 Å². The third kappa shape index (κ3) is 9.19. The highest BCUT2D eigenvalue weighted by Crippen LogP contribution is 2.19. The normalized spacial score (nSPS) is 18.8. The number of fused-ring (bicyclic) bond motifs is 1. The predicted octanol–water partition coefficient (Wildman–Crippen LogP) is 2.62. The fourth-order valence-electron chi connectivity index (χ4n) is 4.41. The summed E-state index contributed by atoms with van der Waals surface area (Å²) in [4.78, 5) is 55.7. The van der Waals surface area contributed by atoms with Crippen LogP contribution in [0.2, 0.25) is 0 Å². The minimum Gasteiger partial charge on any atom is -0.491 e. The predicted molar refractivity (Wildman–Crippen MR) is 151 cm³/mol. The second-order valence-corrected chi connectivity index (χ2v) is 10.5. The number of nitrogens with one attached hydrogen (secondary N) is 2. The molecule has 1 aliphatic rings. The van der Waals surface area contributed by atoms with Crippen LogP contribution in [-0.4, -0.2) is 85.9 Å². The SMILES string of the molecule is CC(C)C[C@H]1NC(=O)CC[C@@H](C(=O)N(C)CCOc2ccccc2F)NC(=O)c2ccccc2OCCN(C)C1=O. The molecule has 1 heterocycles. The third-order valence-corrected chi connectivity index (χ3v) is 6.69. The molecule has 4 amide bonds. The second kappa shape index (κ2) is 15.0. The van der Waals surface area contributed by atoms with Gasteiger partial charge >= 0.3 is 0 Å². The van der Waals surface area contributed by atoms with E-state index in [0.29, 0.717) is 12.2 Å². The zero-order chi connectivity index (χ0) is 29.9. The van der Waals surface area contributed by atoms with Gasteiger partial charge in [-0.05, 0) is 43.0 Å². The molecule has 0 saturated heterocycles. The molecule has 2 atom stereocenters. The first-order chi connectivity index (χ1) is 19.6. The molecule has 2 aromatic rings. The quantitative estimate of drug-likeness (QED) is 0.529. The molecular formula is C30H39FN4O6. The van der Waals surface area contributed by atoms with Crippen LogP contribution in [0.4, 0.5) is 4.39 Å². The second-order valence-electron chi connectivity index (χ2n) is 10.5. The first kappa shape index (κ1) is 31.4. The summed E-state index contributed by atoms with van der Waals surface area (Å²) in [5, 5.41) is 5.56. The van der Waals surface area contributed by atoms with Gasteiger partial charge in [-0.25, -0.2) is 4.39 Å². The summed E-state index contributed by atoms with van der Waals surface area (Å²) in [5.74, 6) is -1.60. The monoisotopic (exact) mass is 570 g/mol. The van der Waals surface area contributed by atoms with Crippen LogP contribution in [0.25, 0.3) is 0 Å². The Labute approximate surface area is 240 Å². The summed E-state index contributed by atoms with van der Waals surface area (Å²) in [7, 11) is 3.18. The fraction of sp³-hybridized carbons (Fsp3) is 0.467. The molecule has 0 aromatic heterocycles. The third-order valence-electron chi connectivity index (χ3n) is 6.69. The minimum absolute atomic E-state index is 0.00360. The van der Waals surface area contributed by atoms with E-state index in [0.717, 1.165) is 0 Å². The van der Waals surface area contributed by atoms with Crippen LogP contribution in [0.1, 0.15) is 43.5 Å². The van der Waals surface area contributed by atoms with Crippen LogP contribution in [-0.2, 0) is 14.4 Å². The molecule has 3 rings (SSSR count). The minimum atomic E-state index is -1.05. The Morgan fingerprint density at radius 2 is 1.83 bits per heavy atom. The zero-order valence-corrected chi connectivity index (χ0v) is 24.0. The summed E-state index contributed by atoms with van der Waals surface area (Å²) >= 11 is 0. The van der Waals surface area contributed by atoms with E-state index in [1.54, 1.807) is 50.5 Å². The van der Waals surface area contributed by atoms with Crippen molar-refractivity contribution in [2.45, 2.75) is 45.2 Å². The fourth-order valence-corrected chi connectivity index (χ4v) is 4.41. The van der Waals surface area contributed by atoms with Gasteiger partial charge in [-0.15, -0.1) is 0 Å².